The first-order valence-electron chi connectivity index (χ1n) is 6.33. The summed E-state index contributed by atoms with van der Waals surface area (Å²) in [5, 5.41) is 9.49. The minimum atomic E-state index is -0.103. The predicted octanol–water partition coefficient (Wildman–Crippen LogP) is 4.71. The highest BCUT2D eigenvalue weighted by Crippen LogP contribution is 2.44. The van der Waals surface area contributed by atoms with Crippen molar-refractivity contribution >= 4 is 15.9 Å². The van der Waals surface area contributed by atoms with Crippen LogP contribution in [0.1, 0.15) is 38.2 Å². The van der Waals surface area contributed by atoms with E-state index >= 15 is 0 Å². The van der Waals surface area contributed by atoms with E-state index in [4.69, 9.17) is 0 Å². The van der Waals surface area contributed by atoms with Crippen molar-refractivity contribution in [1.82, 2.24) is 0 Å². The largest absolute Gasteiger partial charge is 0.198 e. The molecule has 0 aromatic heterocycles. The normalized spacial score (nSPS) is 27.9. The van der Waals surface area contributed by atoms with Gasteiger partial charge in [-0.2, -0.15) is 5.26 Å². The fraction of sp³-hybridized carbons (Fsp3) is 0.533. The van der Waals surface area contributed by atoms with Crippen LogP contribution < -0.4 is 0 Å². The zero-order valence-electron chi connectivity index (χ0n) is 10.2. The van der Waals surface area contributed by atoms with Gasteiger partial charge in [-0.15, -0.1) is 0 Å². The monoisotopic (exact) mass is 291 g/mol. The molecule has 1 aliphatic carbocycles. The molecule has 0 saturated heterocycles. The predicted molar refractivity (Wildman–Crippen MR) is 73.5 cm³/mol. The van der Waals surface area contributed by atoms with Crippen LogP contribution in [0.3, 0.4) is 0 Å². The second-order valence-corrected chi connectivity index (χ2v) is 6.13. The molecule has 1 aliphatic rings. The molecule has 2 rings (SSSR count). The van der Waals surface area contributed by atoms with Gasteiger partial charge in [-0.1, -0.05) is 41.4 Å². The summed E-state index contributed by atoms with van der Waals surface area (Å²) in [6, 6.07) is 11.0. The van der Waals surface area contributed by atoms with Crippen LogP contribution in [0.2, 0.25) is 0 Å². The first-order valence-corrected chi connectivity index (χ1v) is 7.12. The van der Waals surface area contributed by atoms with Crippen molar-refractivity contribution in [3.63, 3.8) is 0 Å². The van der Waals surface area contributed by atoms with E-state index in [0.717, 1.165) is 29.7 Å². The fourth-order valence-electron chi connectivity index (χ4n) is 2.88. The molecule has 1 saturated carbocycles. The van der Waals surface area contributed by atoms with Gasteiger partial charge in [0.2, 0.25) is 0 Å². The minimum Gasteiger partial charge on any atom is -0.198 e. The van der Waals surface area contributed by atoms with Crippen LogP contribution in [0.15, 0.2) is 28.7 Å². The van der Waals surface area contributed by atoms with Crippen molar-refractivity contribution in [3.8, 4) is 6.07 Å². The molecule has 0 bridgehead atoms. The van der Waals surface area contributed by atoms with Gasteiger partial charge < -0.3 is 0 Å². The van der Waals surface area contributed by atoms with Crippen molar-refractivity contribution in [2.45, 2.75) is 39.0 Å². The molecule has 2 heteroatoms. The molecule has 17 heavy (non-hydrogen) atoms. The Labute approximate surface area is 112 Å². The van der Waals surface area contributed by atoms with Crippen LogP contribution in [-0.2, 0) is 6.42 Å². The van der Waals surface area contributed by atoms with Crippen LogP contribution in [-0.4, -0.2) is 0 Å². The van der Waals surface area contributed by atoms with Gasteiger partial charge >= 0.3 is 0 Å². The molecule has 2 unspecified atom stereocenters. The molecule has 0 amide bonds. The number of halogens is 1. The topological polar surface area (TPSA) is 23.8 Å². The van der Waals surface area contributed by atoms with Crippen LogP contribution in [0.4, 0.5) is 0 Å². The quantitative estimate of drug-likeness (QED) is 0.791. The van der Waals surface area contributed by atoms with Crippen molar-refractivity contribution in [2.24, 2.45) is 11.3 Å². The Morgan fingerprint density at radius 1 is 1.41 bits per heavy atom. The van der Waals surface area contributed by atoms with Crippen molar-refractivity contribution in [2.75, 3.05) is 0 Å². The molecule has 0 aliphatic heterocycles. The summed E-state index contributed by atoms with van der Waals surface area (Å²) in [6.45, 7) is 2.23. The highest BCUT2D eigenvalue weighted by Gasteiger charge is 2.38. The number of rotatable bonds is 3. The van der Waals surface area contributed by atoms with Crippen LogP contribution in [0.25, 0.3) is 0 Å². The number of hydrogen-bond acceptors (Lipinski definition) is 1. The SMILES string of the molecule is CCC1CCC(C#N)(Cc2ccc(Br)cc2)C1. The Kier molecular flexibility index (Phi) is 3.89. The van der Waals surface area contributed by atoms with E-state index in [1.54, 1.807) is 0 Å². The number of benzene rings is 1. The van der Waals surface area contributed by atoms with E-state index in [9.17, 15) is 5.26 Å². The Morgan fingerprint density at radius 2 is 2.12 bits per heavy atom. The maximum absolute atomic E-state index is 9.49. The standard InChI is InChI=1S/C15H18BrN/c1-2-12-7-8-15(9-12,11-17)10-13-3-5-14(16)6-4-13/h3-6,12H,2,7-10H2,1H3. The molecule has 1 aromatic carbocycles. The molecular weight excluding hydrogens is 274 g/mol. The maximum atomic E-state index is 9.49. The first kappa shape index (κ1) is 12.6. The molecule has 0 radical (unpaired) electrons. The van der Waals surface area contributed by atoms with Gasteiger partial charge in [-0.05, 0) is 49.3 Å². The lowest BCUT2D eigenvalue weighted by atomic mass is 9.80. The van der Waals surface area contributed by atoms with Gasteiger partial charge in [0, 0.05) is 4.47 Å². The molecule has 2 atom stereocenters. The fourth-order valence-corrected chi connectivity index (χ4v) is 3.14. The minimum absolute atomic E-state index is 0.103. The molecule has 0 heterocycles. The zero-order valence-corrected chi connectivity index (χ0v) is 11.8. The maximum Gasteiger partial charge on any atom is 0.0693 e. The molecule has 90 valence electrons. The van der Waals surface area contributed by atoms with Crippen molar-refractivity contribution < 1.29 is 0 Å². The molecule has 0 N–H and O–H groups in total. The van der Waals surface area contributed by atoms with Gasteiger partial charge in [0.05, 0.1) is 11.5 Å². The van der Waals surface area contributed by atoms with E-state index in [1.807, 2.05) is 0 Å². The second kappa shape index (κ2) is 5.23. The molecule has 1 fully saturated rings. The average Bonchev–Trinajstić information content (AvgIpc) is 2.76. The number of nitriles is 1. The van der Waals surface area contributed by atoms with E-state index < -0.39 is 0 Å². The molecule has 1 nitrogen and oxygen atoms in total. The number of hydrogen-bond donors (Lipinski definition) is 0. The second-order valence-electron chi connectivity index (χ2n) is 5.21. The first-order chi connectivity index (χ1) is 8.17. The zero-order chi connectivity index (χ0) is 12.3. The third-order valence-corrected chi connectivity index (χ3v) is 4.51. The van der Waals surface area contributed by atoms with Gasteiger partial charge in [-0.25, -0.2) is 0 Å². The van der Waals surface area contributed by atoms with Gasteiger partial charge in [0.25, 0.3) is 0 Å². The van der Waals surface area contributed by atoms with E-state index in [0.29, 0.717) is 0 Å². The Bertz CT molecular complexity index is 418. The summed E-state index contributed by atoms with van der Waals surface area (Å²) < 4.78 is 1.10. The van der Waals surface area contributed by atoms with Crippen LogP contribution >= 0.6 is 15.9 Å². The highest BCUT2D eigenvalue weighted by molar-refractivity contribution is 9.10. The summed E-state index contributed by atoms with van der Waals surface area (Å²) in [5.74, 6) is 0.755. The Morgan fingerprint density at radius 3 is 2.65 bits per heavy atom. The smallest absolute Gasteiger partial charge is 0.0693 e. The summed E-state index contributed by atoms with van der Waals surface area (Å²) in [7, 11) is 0. The summed E-state index contributed by atoms with van der Waals surface area (Å²) >= 11 is 3.44. The molecule has 1 aromatic rings. The third-order valence-electron chi connectivity index (χ3n) is 3.98. The van der Waals surface area contributed by atoms with E-state index in [1.165, 1.54) is 18.4 Å². The summed E-state index contributed by atoms with van der Waals surface area (Å²) in [4.78, 5) is 0. The molecular formula is C15H18BrN. The lowest BCUT2D eigenvalue weighted by Gasteiger charge is -2.21. The van der Waals surface area contributed by atoms with E-state index in [2.05, 4.69) is 53.2 Å². The van der Waals surface area contributed by atoms with Crippen molar-refractivity contribution in [3.05, 3.63) is 34.3 Å². The summed E-state index contributed by atoms with van der Waals surface area (Å²) in [5.41, 5.74) is 1.18. The number of nitrogens with zero attached hydrogens (tertiary/aromatic N) is 1. The van der Waals surface area contributed by atoms with Gasteiger partial charge in [0.15, 0.2) is 0 Å². The third kappa shape index (κ3) is 2.90. The Hall–Kier alpha value is -0.810. The van der Waals surface area contributed by atoms with Gasteiger partial charge in [0.1, 0.15) is 0 Å². The lowest BCUT2D eigenvalue weighted by molar-refractivity contribution is 0.381. The summed E-state index contributed by atoms with van der Waals surface area (Å²) in [6.07, 6.45) is 5.49. The van der Waals surface area contributed by atoms with Crippen LogP contribution in [0.5, 0.6) is 0 Å². The van der Waals surface area contributed by atoms with Crippen LogP contribution in [0, 0.1) is 22.7 Å². The van der Waals surface area contributed by atoms with Crippen molar-refractivity contribution in [1.29, 1.82) is 5.26 Å². The Balaban J connectivity index is 2.11. The lowest BCUT2D eigenvalue weighted by Crippen LogP contribution is -2.17. The van der Waals surface area contributed by atoms with E-state index in [-0.39, 0.29) is 5.41 Å². The molecule has 0 spiro atoms. The average molecular weight is 292 g/mol. The highest BCUT2D eigenvalue weighted by atomic mass is 79.9. The van der Waals surface area contributed by atoms with Gasteiger partial charge in [-0.3, -0.25) is 0 Å².